The highest BCUT2D eigenvalue weighted by atomic mass is 35.5. The third kappa shape index (κ3) is 5.06. The zero-order valence-corrected chi connectivity index (χ0v) is 13.3. The normalized spacial score (nSPS) is 13.0. The minimum Gasteiger partial charge on any atom is -0.390 e. The second kappa shape index (κ2) is 7.69. The standard InChI is InChI=1S/C15H16ClNO4S/c16-13-6-4-12(5-7-13)9-21-10-14(18)11-22(19,20)15-3-1-2-8-17-15/h1-8,14,18H,9-11H2/t14-/m0/s1. The number of nitrogens with zero attached hydrogens (tertiary/aromatic N) is 1. The molecule has 0 spiro atoms. The van der Waals surface area contributed by atoms with Crippen LogP contribution in [0.2, 0.25) is 5.02 Å². The molecule has 0 aliphatic carbocycles. The zero-order valence-electron chi connectivity index (χ0n) is 11.7. The molecule has 0 aliphatic heterocycles. The second-order valence-corrected chi connectivity index (χ2v) is 7.16. The van der Waals surface area contributed by atoms with Crippen LogP contribution in [0.15, 0.2) is 53.7 Å². The van der Waals surface area contributed by atoms with Crippen LogP contribution in [0.25, 0.3) is 0 Å². The molecule has 1 heterocycles. The first-order chi connectivity index (χ1) is 10.5. The fourth-order valence-corrected chi connectivity index (χ4v) is 3.22. The highest BCUT2D eigenvalue weighted by molar-refractivity contribution is 7.91. The van der Waals surface area contributed by atoms with Gasteiger partial charge in [0.2, 0.25) is 0 Å². The van der Waals surface area contributed by atoms with E-state index in [2.05, 4.69) is 4.98 Å². The van der Waals surface area contributed by atoms with Crippen LogP contribution in [-0.4, -0.2) is 37.0 Å². The van der Waals surface area contributed by atoms with E-state index in [1.807, 2.05) is 0 Å². The van der Waals surface area contributed by atoms with Gasteiger partial charge >= 0.3 is 0 Å². The monoisotopic (exact) mass is 341 g/mol. The molecular weight excluding hydrogens is 326 g/mol. The number of aliphatic hydroxyl groups is 1. The lowest BCUT2D eigenvalue weighted by Gasteiger charge is -2.11. The number of aromatic nitrogens is 1. The van der Waals surface area contributed by atoms with Gasteiger partial charge in [-0.2, -0.15) is 0 Å². The number of ether oxygens (including phenoxy) is 1. The summed E-state index contributed by atoms with van der Waals surface area (Å²) in [5, 5.41) is 10.4. The lowest BCUT2D eigenvalue weighted by Crippen LogP contribution is -2.26. The average molecular weight is 342 g/mol. The Balaban J connectivity index is 1.83. The predicted octanol–water partition coefficient (Wildman–Crippen LogP) is 2.09. The number of aliphatic hydroxyl groups excluding tert-OH is 1. The molecule has 1 atom stereocenters. The van der Waals surface area contributed by atoms with Crippen molar-refractivity contribution < 1.29 is 18.3 Å². The molecule has 0 saturated carbocycles. The topological polar surface area (TPSA) is 76.5 Å². The van der Waals surface area contributed by atoms with Crippen molar-refractivity contribution in [2.75, 3.05) is 12.4 Å². The highest BCUT2D eigenvalue weighted by Crippen LogP contribution is 2.11. The van der Waals surface area contributed by atoms with Gasteiger partial charge in [0.25, 0.3) is 0 Å². The Morgan fingerprint density at radius 2 is 1.91 bits per heavy atom. The van der Waals surface area contributed by atoms with Gasteiger partial charge in [-0.1, -0.05) is 29.8 Å². The number of benzene rings is 1. The second-order valence-electron chi connectivity index (χ2n) is 4.74. The third-order valence-corrected chi connectivity index (χ3v) is 4.81. The molecule has 0 bridgehead atoms. The summed E-state index contributed by atoms with van der Waals surface area (Å²) in [6.45, 7) is 0.201. The van der Waals surface area contributed by atoms with Crippen LogP contribution >= 0.6 is 11.6 Å². The molecule has 0 unspecified atom stereocenters. The molecule has 5 nitrogen and oxygen atoms in total. The first kappa shape index (κ1) is 16.9. The van der Waals surface area contributed by atoms with Crippen LogP contribution in [0.1, 0.15) is 5.56 Å². The minimum absolute atomic E-state index is 0.0493. The van der Waals surface area contributed by atoms with Crippen molar-refractivity contribution in [3.63, 3.8) is 0 Å². The maximum absolute atomic E-state index is 12.0. The van der Waals surface area contributed by atoms with Crippen LogP contribution in [0.3, 0.4) is 0 Å². The molecule has 2 aromatic rings. The molecule has 0 radical (unpaired) electrons. The van der Waals surface area contributed by atoms with Crippen molar-refractivity contribution in [2.24, 2.45) is 0 Å². The van der Waals surface area contributed by atoms with Crippen molar-refractivity contribution in [1.82, 2.24) is 4.98 Å². The van der Waals surface area contributed by atoms with Crippen molar-refractivity contribution in [3.8, 4) is 0 Å². The Bertz CT molecular complexity index is 689. The summed E-state index contributed by atoms with van der Waals surface area (Å²) >= 11 is 5.77. The van der Waals surface area contributed by atoms with Crippen molar-refractivity contribution in [1.29, 1.82) is 0 Å². The molecule has 7 heteroatoms. The first-order valence-electron chi connectivity index (χ1n) is 6.61. The van der Waals surface area contributed by atoms with Gasteiger partial charge in [-0.3, -0.25) is 0 Å². The molecule has 0 aliphatic rings. The van der Waals surface area contributed by atoms with E-state index in [1.54, 1.807) is 36.4 Å². The molecule has 1 aromatic heterocycles. The summed E-state index contributed by atoms with van der Waals surface area (Å²) < 4.78 is 29.4. The minimum atomic E-state index is -3.62. The third-order valence-electron chi connectivity index (χ3n) is 2.86. The van der Waals surface area contributed by atoms with Gasteiger partial charge < -0.3 is 9.84 Å². The van der Waals surface area contributed by atoms with E-state index in [0.717, 1.165) is 5.56 Å². The van der Waals surface area contributed by atoms with Crippen LogP contribution < -0.4 is 0 Å². The molecule has 118 valence electrons. The van der Waals surface area contributed by atoms with Gasteiger partial charge in [0.1, 0.15) is 0 Å². The molecule has 0 fully saturated rings. The summed E-state index contributed by atoms with van der Waals surface area (Å²) in [5.74, 6) is -0.426. The Morgan fingerprint density at radius 1 is 1.18 bits per heavy atom. The first-order valence-corrected chi connectivity index (χ1v) is 8.64. The molecule has 22 heavy (non-hydrogen) atoms. The van der Waals surface area contributed by atoms with E-state index < -0.39 is 21.7 Å². The van der Waals surface area contributed by atoms with E-state index in [4.69, 9.17) is 16.3 Å². The van der Waals surface area contributed by atoms with Crippen molar-refractivity contribution >= 4 is 21.4 Å². The zero-order chi connectivity index (χ0) is 16.0. The number of hydrogen-bond acceptors (Lipinski definition) is 5. The Hall–Kier alpha value is -1.47. The molecule has 2 rings (SSSR count). The number of rotatable bonds is 7. The Kier molecular flexibility index (Phi) is 5.90. The number of sulfone groups is 1. The summed E-state index contributed by atoms with van der Waals surface area (Å²) in [4.78, 5) is 3.79. The largest absolute Gasteiger partial charge is 0.390 e. The molecule has 1 aromatic carbocycles. The maximum Gasteiger partial charge on any atom is 0.198 e. The summed E-state index contributed by atoms with van der Waals surface area (Å²) in [7, 11) is -3.62. The summed E-state index contributed by atoms with van der Waals surface area (Å²) in [5.41, 5.74) is 0.893. The van der Waals surface area contributed by atoms with Gasteiger partial charge in [-0.25, -0.2) is 13.4 Å². The van der Waals surface area contributed by atoms with Crippen molar-refractivity contribution in [3.05, 3.63) is 59.2 Å². The lowest BCUT2D eigenvalue weighted by molar-refractivity contribution is 0.0390. The van der Waals surface area contributed by atoms with E-state index in [0.29, 0.717) is 5.02 Å². The summed E-state index contributed by atoms with van der Waals surface area (Å²) in [6.07, 6.45) is 0.287. The van der Waals surface area contributed by atoms with Crippen LogP contribution in [0, 0.1) is 0 Å². The van der Waals surface area contributed by atoms with Gasteiger partial charge in [-0.15, -0.1) is 0 Å². The lowest BCUT2D eigenvalue weighted by atomic mass is 10.2. The van der Waals surface area contributed by atoms with Gasteiger partial charge in [0.05, 0.1) is 25.1 Å². The van der Waals surface area contributed by atoms with E-state index in [-0.39, 0.29) is 18.2 Å². The number of hydrogen-bond donors (Lipinski definition) is 1. The predicted molar refractivity (Wildman–Crippen MR) is 83.4 cm³/mol. The number of halogens is 1. The van der Waals surface area contributed by atoms with Gasteiger partial charge in [-0.05, 0) is 29.8 Å². The van der Waals surface area contributed by atoms with Crippen LogP contribution in [0.5, 0.6) is 0 Å². The van der Waals surface area contributed by atoms with Gasteiger partial charge in [0.15, 0.2) is 14.9 Å². The SMILES string of the molecule is O=S(=O)(C[C@@H](O)COCc1ccc(Cl)cc1)c1ccccn1. The van der Waals surface area contributed by atoms with Crippen LogP contribution in [-0.2, 0) is 21.2 Å². The number of pyridine rings is 1. The van der Waals surface area contributed by atoms with E-state index in [9.17, 15) is 13.5 Å². The molecule has 0 amide bonds. The van der Waals surface area contributed by atoms with Gasteiger partial charge in [0, 0.05) is 11.2 Å². The quantitative estimate of drug-likeness (QED) is 0.834. The average Bonchev–Trinajstić information content (AvgIpc) is 2.50. The Morgan fingerprint density at radius 3 is 2.55 bits per heavy atom. The van der Waals surface area contributed by atoms with E-state index >= 15 is 0 Å². The fraction of sp³-hybridized carbons (Fsp3) is 0.267. The molecule has 0 saturated heterocycles. The summed E-state index contributed by atoms with van der Waals surface area (Å²) in [6, 6.07) is 11.7. The Labute approximate surface area is 134 Å². The highest BCUT2D eigenvalue weighted by Gasteiger charge is 2.20. The fourth-order valence-electron chi connectivity index (χ4n) is 1.81. The smallest absolute Gasteiger partial charge is 0.198 e. The van der Waals surface area contributed by atoms with E-state index in [1.165, 1.54) is 12.3 Å². The van der Waals surface area contributed by atoms with Crippen LogP contribution in [0.4, 0.5) is 0 Å². The molecule has 1 N–H and O–H groups in total. The van der Waals surface area contributed by atoms with Crippen molar-refractivity contribution in [2.45, 2.75) is 17.7 Å². The molecular formula is C15H16ClNO4S. The maximum atomic E-state index is 12.0.